The highest BCUT2D eigenvalue weighted by atomic mass is 79.9. The molecule has 1 aromatic heterocycles. The third kappa shape index (κ3) is 2.67. The smallest absolute Gasteiger partial charge is 0.0571 e. The highest BCUT2D eigenvalue weighted by molar-refractivity contribution is 9.10. The molecule has 0 bridgehead atoms. The summed E-state index contributed by atoms with van der Waals surface area (Å²) in [5, 5.41) is 8.10. The molecule has 1 unspecified atom stereocenters. The lowest BCUT2D eigenvalue weighted by atomic mass is 10.0. The molecule has 0 radical (unpaired) electrons. The molecule has 1 N–H and O–H groups in total. The Morgan fingerprint density at radius 2 is 2.25 bits per heavy atom. The maximum atomic E-state index is 4.57. The molecule has 106 valence electrons. The van der Waals surface area contributed by atoms with Crippen molar-refractivity contribution in [2.75, 3.05) is 6.54 Å². The Morgan fingerprint density at radius 3 is 2.95 bits per heavy atom. The fourth-order valence-corrected chi connectivity index (χ4v) is 3.09. The van der Waals surface area contributed by atoms with Gasteiger partial charge < -0.3 is 5.32 Å². The van der Waals surface area contributed by atoms with Gasteiger partial charge in [-0.1, -0.05) is 28.1 Å². The molecular formula is C16H20BrN3. The fraction of sp³-hybridized carbons (Fsp3) is 0.438. The molecule has 1 fully saturated rings. The summed E-state index contributed by atoms with van der Waals surface area (Å²) in [6, 6.07) is 7.05. The van der Waals surface area contributed by atoms with Gasteiger partial charge in [-0.2, -0.15) is 5.10 Å². The fourth-order valence-electron chi connectivity index (χ4n) is 2.85. The van der Waals surface area contributed by atoms with Gasteiger partial charge in [0.25, 0.3) is 0 Å². The number of rotatable bonds is 3. The van der Waals surface area contributed by atoms with Crippen LogP contribution in [-0.2, 0) is 6.54 Å². The molecule has 1 aliphatic rings. The minimum Gasteiger partial charge on any atom is -0.312 e. The first-order valence-electron chi connectivity index (χ1n) is 7.17. The summed E-state index contributed by atoms with van der Waals surface area (Å²) in [4.78, 5) is 0. The zero-order valence-corrected chi connectivity index (χ0v) is 13.6. The maximum Gasteiger partial charge on any atom is 0.0571 e. The minimum absolute atomic E-state index is 0.577. The second-order valence-corrected chi connectivity index (χ2v) is 6.44. The van der Waals surface area contributed by atoms with Gasteiger partial charge in [-0.05, 0) is 50.4 Å². The van der Waals surface area contributed by atoms with E-state index in [0.29, 0.717) is 6.04 Å². The number of halogens is 1. The minimum atomic E-state index is 0.577. The van der Waals surface area contributed by atoms with Crippen LogP contribution in [0.3, 0.4) is 0 Å². The molecule has 0 aliphatic carbocycles. The van der Waals surface area contributed by atoms with E-state index in [1.165, 1.54) is 35.2 Å². The van der Waals surface area contributed by atoms with Crippen LogP contribution in [-0.4, -0.2) is 22.4 Å². The van der Waals surface area contributed by atoms with Crippen LogP contribution in [0.5, 0.6) is 0 Å². The van der Waals surface area contributed by atoms with Gasteiger partial charge in [0.1, 0.15) is 0 Å². The second-order valence-electron chi connectivity index (χ2n) is 5.58. The van der Waals surface area contributed by atoms with Crippen LogP contribution in [0, 0.1) is 13.8 Å². The molecule has 0 spiro atoms. The van der Waals surface area contributed by atoms with Crippen molar-refractivity contribution in [2.45, 2.75) is 39.3 Å². The number of hydrogen-bond acceptors (Lipinski definition) is 2. The molecule has 3 nitrogen and oxygen atoms in total. The number of aromatic nitrogens is 2. The van der Waals surface area contributed by atoms with Crippen LogP contribution < -0.4 is 5.32 Å². The van der Waals surface area contributed by atoms with Gasteiger partial charge in [0.2, 0.25) is 0 Å². The van der Waals surface area contributed by atoms with Crippen LogP contribution in [0.15, 0.2) is 28.9 Å². The van der Waals surface area contributed by atoms with Crippen LogP contribution >= 0.6 is 15.9 Å². The van der Waals surface area contributed by atoms with Crippen molar-refractivity contribution in [1.29, 1.82) is 0 Å². The van der Waals surface area contributed by atoms with E-state index in [4.69, 9.17) is 0 Å². The second kappa shape index (κ2) is 5.70. The monoisotopic (exact) mass is 333 g/mol. The SMILES string of the molecule is Cc1cc(-c2cnn(CC3CCCN3)c2C)ccc1Br. The molecule has 1 saturated heterocycles. The third-order valence-corrected chi connectivity index (χ3v) is 5.02. The molecular weight excluding hydrogens is 314 g/mol. The Labute approximate surface area is 128 Å². The summed E-state index contributed by atoms with van der Waals surface area (Å²) in [6.07, 6.45) is 4.53. The van der Waals surface area contributed by atoms with Gasteiger partial charge in [0.15, 0.2) is 0 Å². The molecule has 3 rings (SSSR count). The van der Waals surface area contributed by atoms with Crippen molar-refractivity contribution < 1.29 is 0 Å². The molecule has 1 aromatic carbocycles. The summed E-state index contributed by atoms with van der Waals surface area (Å²) >= 11 is 3.55. The average molecular weight is 334 g/mol. The van der Waals surface area contributed by atoms with Crippen LogP contribution in [0.4, 0.5) is 0 Å². The molecule has 20 heavy (non-hydrogen) atoms. The lowest BCUT2D eigenvalue weighted by molar-refractivity contribution is 0.469. The molecule has 0 amide bonds. The first-order valence-corrected chi connectivity index (χ1v) is 7.97. The standard InChI is InChI=1S/C16H20BrN3/c1-11-8-13(5-6-16(11)17)15-9-19-20(12(15)2)10-14-4-3-7-18-14/h5-6,8-9,14,18H,3-4,7,10H2,1-2H3. The van der Waals surface area contributed by atoms with Crippen molar-refractivity contribution in [1.82, 2.24) is 15.1 Å². The first-order chi connectivity index (χ1) is 9.65. The van der Waals surface area contributed by atoms with Crippen molar-refractivity contribution in [2.24, 2.45) is 0 Å². The van der Waals surface area contributed by atoms with Crippen molar-refractivity contribution in [3.63, 3.8) is 0 Å². The highest BCUT2D eigenvalue weighted by Gasteiger charge is 2.17. The predicted molar refractivity (Wildman–Crippen MR) is 85.9 cm³/mol. The number of aryl methyl sites for hydroxylation is 1. The van der Waals surface area contributed by atoms with E-state index < -0.39 is 0 Å². The number of nitrogens with one attached hydrogen (secondary N) is 1. The van der Waals surface area contributed by atoms with Crippen molar-refractivity contribution in [3.05, 3.63) is 40.1 Å². The lowest BCUT2D eigenvalue weighted by Gasteiger charge is -2.12. The molecule has 2 aromatic rings. The first kappa shape index (κ1) is 13.8. The zero-order valence-electron chi connectivity index (χ0n) is 12.0. The molecule has 4 heteroatoms. The Hall–Kier alpha value is -1.13. The van der Waals surface area contributed by atoms with E-state index in [1.54, 1.807) is 0 Å². The van der Waals surface area contributed by atoms with E-state index in [-0.39, 0.29) is 0 Å². The van der Waals surface area contributed by atoms with E-state index in [2.05, 4.69) is 63.1 Å². The molecule has 2 heterocycles. The summed E-state index contributed by atoms with van der Waals surface area (Å²) in [5.74, 6) is 0. The quantitative estimate of drug-likeness (QED) is 0.928. The summed E-state index contributed by atoms with van der Waals surface area (Å²) in [6.45, 7) is 6.40. The number of benzene rings is 1. The van der Waals surface area contributed by atoms with Crippen LogP contribution in [0.2, 0.25) is 0 Å². The van der Waals surface area contributed by atoms with Gasteiger partial charge in [-0.3, -0.25) is 4.68 Å². The van der Waals surface area contributed by atoms with Crippen LogP contribution in [0.25, 0.3) is 11.1 Å². The van der Waals surface area contributed by atoms with E-state index >= 15 is 0 Å². The average Bonchev–Trinajstić information content (AvgIpc) is 3.05. The maximum absolute atomic E-state index is 4.57. The number of hydrogen-bond donors (Lipinski definition) is 1. The van der Waals surface area contributed by atoms with Crippen LogP contribution in [0.1, 0.15) is 24.1 Å². The Bertz CT molecular complexity index is 612. The van der Waals surface area contributed by atoms with Gasteiger partial charge in [0, 0.05) is 21.8 Å². The Morgan fingerprint density at radius 1 is 1.40 bits per heavy atom. The number of nitrogens with zero attached hydrogens (tertiary/aromatic N) is 2. The van der Waals surface area contributed by atoms with E-state index in [1.807, 2.05) is 6.20 Å². The van der Waals surface area contributed by atoms with Crippen molar-refractivity contribution in [3.8, 4) is 11.1 Å². The van der Waals surface area contributed by atoms with Gasteiger partial charge in [-0.15, -0.1) is 0 Å². The summed E-state index contributed by atoms with van der Waals surface area (Å²) in [7, 11) is 0. The van der Waals surface area contributed by atoms with E-state index in [9.17, 15) is 0 Å². The topological polar surface area (TPSA) is 29.9 Å². The Balaban J connectivity index is 1.87. The summed E-state index contributed by atoms with van der Waals surface area (Å²) in [5.41, 5.74) is 4.99. The van der Waals surface area contributed by atoms with Gasteiger partial charge in [0.05, 0.1) is 12.7 Å². The lowest BCUT2D eigenvalue weighted by Crippen LogP contribution is -2.27. The largest absolute Gasteiger partial charge is 0.312 e. The zero-order chi connectivity index (χ0) is 14.1. The molecule has 1 aliphatic heterocycles. The molecule has 0 saturated carbocycles. The molecule has 1 atom stereocenters. The van der Waals surface area contributed by atoms with Gasteiger partial charge >= 0.3 is 0 Å². The van der Waals surface area contributed by atoms with Gasteiger partial charge in [-0.25, -0.2) is 0 Å². The summed E-state index contributed by atoms with van der Waals surface area (Å²) < 4.78 is 3.29. The van der Waals surface area contributed by atoms with E-state index in [0.717, 1.165) is 17.6 Å². The third-order valence-electron chi connectivity index (χ3n) is 4.13. The van der Waals surface area contributed by atoms with Crippen molar-refractivity contribution >= 4 is 15.9 Å². The normalized spacial score (nSPS) is 18.6. The predicted octanol–water partition coefficient (Wildman–Crippen LogP) is 3.68. The highest BCUT2D eigenvalue weighted by Crippen LogP contribution is 2.27. The Kier molecular flexibility index (Phi) is 3.94.